The van der Waals surface area contributed by atoms with Crippen molar-refractivity contribution in [1.29, 1.82) is 0 Å². The Kier molecular flexibility index (Phi) is 5.81. The fourth-order valence-corrected chi connectivity index (χ4v) is 2.37. The van der Waals surface area contributed by atoms with Crippen LogP contribution in [0.5, 0.6) is 0 Å². The highest BCUT2D eigenvalue weighted by Crippen LogP contribution is 2.25. The molecule has 0 amide bonds. The molecule has 2 nitrogen and oxygen atoms in total. The third-order valence-electron chi connectivity index (χ3n) is 2.63. The van der Waals surface area contributed by atoms with Crippen molar-refractivity contribution < 1.29 is 4.39 Å². The van der Waals surface area contributed by atoms with Gasteiger partial charge in [0.25, 0.3) is 0 Å². The lowest BCUT2D eigenvalue weighted by Crippen LogP contribution is -2.28. The van der Waals surface area contributed by atoms with Crippen molar-refractivity contribution >= 4 is 62.1 Å². The molecule has 0 unspecified atom stereocenters. The van der Waals surface area contributed by atoms with Crippen molar-refractivity contribution in [3.8, 4) is 0 Å². The van der Waals surface area contributed by atoms with Gasteiger partial charge in [0.15, 0.2) is 5.11 Å². The Bertz CT molecular complexity index is 682. The van der Waals surface area contributed by atoms with Crippen LogP contribution in [0, 0.1) is 5.82 Å². The molecule has 0 atom stereocenters. The van der Waals surface area contributed by atoms with Gasteiger partial charge in [-0.25, -0.2) is 4.39 Å². The van der Waals surface area contributed by atoms with Crippen LogP contribution in [0.2, 0.25) is 10.0 Å². The van der Waals surface area contributed by atoms with Crippen LogP contribution < -0.4 is 10.6 Å². The zero-order chi connectivity index (χ0) is 15.4. The number of benzene rings is 2. The Balaban J connectivity index is 1.94. The molecule has 0 aromatic heterocycles. The fraction of sp³-hybridized carbons (Fsp3) is 0.0714. The first-order valence-electron chi connectivity index (χ1n) is 5.89. The second kappa shape index (κ2) is 7.40. The van der Waals surface area contributed by atoms with E-state index in [1.54, 1.807) is 18.2 Å². The summed E-state index contributed by atoms with van der Waals surface area (Å²) in [5.41, 5.74) is 1.23. The minimum Gasteiger partial charge on any atom is -0.358 e. The van der Waals surface area contributed by atoms with E-state index in [9.17, 15) is 4.39 Å². The lowest BCUT2D eigenvalue weighted by atomic mass is 10.2. The van der Waals surface area contributed by atoms with Gasteiger partial charge in [-0.05, 0) is 58.5 Å². The molecule has 0 fully saturated rings. The van der Waals surface area contributed by atoms with E-state index in [2.05, 4.69) is 26.6 Å². The van der Waals surface area contributed by atoms with Crippen LogP contribution in [0.4, 0.5) is 10.1 Å². The molecule has 110 valence electrons. The Morgan fingerprint density at radius 1 is 1.19 bits per heavy atom. The first kappa shape index (κ1) is 16.5. The highest BCUT2D eigenvalue weighted by Gasteiger charge is 2.05. The maximum atomic E-state index is 13.6. The van der Waals surface area contributed by atoms with Crippen molar-refractivity contribution in [2.75, 3.05) is 5.32 Å². The number of thiocarbonyl (C=S) groups is 1. The molecule has 2 N–H and O–H groups in total. The minimum atomic E-state index is -0.371. The van der Waals surface area contributed by atoms with Gasteiger partial charge < -0.3 is 10.6 Å². The molecule has 7 heteroatoms. The maximum Gasteiger partial charge on any atom is 0.171 e. The summed E-state index contributed by atoms with van der Waals surface area (Å²) in [6.07, 6.45) is 0. The van der Waals surface area contributed by atoms with Gasteiger partial charge in [-0.3, -0.25) is 0 Å². The molecule has 0 heterocycles. The van der Waals surface area contributed by atoms with Gasteiger partial charge in [-0.15, -0.1) is 0 Å². The van der Waals surface area contributed by atoms with Crippen LogP contribution in [-0.4, -0.2) is 5.11 Å². The molecule has 2 aromatic carbocycles. The Morgan fingerprint density at radius 2 is 1.95 bits per heavy atom. The van der Waals surface area contributed by atoms with Gasteiger partial charge in [0.1, 0.15) is 5.82 Å². The summed E-state index contributed by atoms with van der Waals surface area (Å²) in [6.45, 7) is 0.263. The van der Waals surface area contributed by atoms with Crippen LogP contribution in [-0.2, 0) is 6.54 Å². The average molecular weight is 408 g/mol. The number of hydrogen-bond donors (Lipinski definition) is 2. The van der Waals surface area contributed by atoms with E-state index in [-0.39, 0.29) is 12.4 Å². The number of anilines is 1. The first-order chi connectivity index (χ1) is 9.95. The van der Waals surface area contributed by atoms with Crippen molar-refractivity contribution in [2.45, 2.75) is 6.54 Å². The second-order valence-electron chi connectivity index (χ2n) is 4.17. The molecule has 0 aliphatic carbocycles. The number of hydrogen-bond acceptors (Lipinski definition) is 1. The number of halogens is 4. The highest BCUT2D eigenvalue weighted by atomic mass is 79.9. The van der Waals surface area contributed by atoms with Crippen molar-refractivity contribution in [1.82, 2.24) is 5.32 Å². The summed E-state index contributed by atoms with van der Waals surface area (Å²) in [5, 5.41) is 7.22. The predicted octanol–water partition coefficient (Wildman–Crippen LogP) is 5.38. The van der Waals surface area contributed by atoms with Gasteiger partial charge in [-0.2, -0.15) is 0 Å². The summed E-state index contributed by atoms with van der Waals surface area (Å²) in [6, 6.07) is 9.89. The second-order valence-corrected chi connectivity index (χ2v) is 6.28. The largest absolute Gasteiger partial charge is 0.358 e. The first-order valence-corrected chi connectivity index (χ1v) is 7.85. The molecule has 0 spiro atoms. The normalized spacial score (nSPS) is 10.3. The van der Waals surface area contributed by atoms with Crippen LogP contribution in [0.15, 0.2) is 40.9 Å². The van der Waals surface area contributed by atoms with Crippen molar-refractivity contribution in [2.24, 2.45) is 0 Å². The molecule has 0 radical (unpaired) electrons. The van der Waals surface area contributed by atoms with Crippen LogP contribution >= 0.6 is 51.3 Å². The third-order valence-corrected chi connectivity index (χ3v) is 4.35. The van der Waals surface area contributed by atoms with E-state index < -0.39 is 0 Å². The molecule has 0 bridgehead atoms. The number of nitrogens with one attached hydrogen (secondary N) is 2. The summed E-state index contributed by atoms with van der Waals surface area (Å²) >= 11 is 20.2. The standard InChI is InChI=1S/C14H10BrCl2FN2S/c15-11-4-3-10(6-12(11)17)20-14(21)19-7-8-1-2-9(16)5-13(8)18/h1-6H,7H2,(H2,19,20,21). The molecular weight excluding hydrogens is 398 g/mol. The van der Waals surface area contributed by atoms with Crippen LogP contribution in [0.3, 0.4) is 0 Å². The summed E-state index contributed by atoms with van der Waals surface area (Å²) in [5.74, 6) is -0.371. The minimum absolute atomic E-state index is 0.263. The zero-order valence-corrected chi connectivity index (χ0v) is 14.5. The lowest BCUT2D eigenvalue weighted by Gasteiger charge is -2.11. The van der Waals surface area contributed by atoms with E-state index in [1.807, 2.05) is 12.1 Å². The van der Waals surface area contributed by atoms with Crippen LogP contribution in [0.1, 0.15) is 5.56 Å². The lowest BCUT2D eigenvalue weighted by molar-refractivity contribution is 0.606. The van der Waals surface area contributed by atoms with Crippen molar-refractivity contribution in [3.05, 3.63) is 62.3 Å². The van der Waals surface area contributed by atoms with Gasteiger partial charge in [0, 0.05) is 27.3 Å². The molecule has 21 heavy (non-hydrogen) atoms. The summed E-state index contributed by atoms with van der Waals surface area (Å²) in [4.78, 5) is 0. The Hall–Kier alpha value is -0.880. The molecule has 0 saturated carbocycles. The quantitative estimate of drug-likeness (QED) is 0.667. The molecule has 0 aliphatic heterocycles. The highest BCUT2D eigenvalue weighted by molar-refractivity contribution is 9.10. The van der Waals surface area contributed by atoms with E-state index in [0.717, 1.165) is 10.2 Å². The van der Waals surface area contributed by atoms with Gasteiger partial charge >= 0.3 is 0 Å². The van der Waals surface area contributed by atoms with E-state index >= 15 is 0 Å². The molecule has 2 rings (SSSR count). The van der Waals surface area contributed by atoms with E-state index in [1.165, 1.54) is 6.07 Å². The van der Waals surface area contributed by atoms with E-state index in [0.29, 0.717) is 20.7 Å². The van der Waals surface area contributed by atoms with Crippen LogP contribution in [0.25, 0.3) is 0 Å². The van der Waals surface area contributed by atoms with Crippen molar-refractivity contribution in [3.63, 3.8) is 0 Å². The average Bonchev–Trinajstić information content (AvgIpc) is 2.42. The Labute approximate surface area is 145 Å². The monoisotopic (exact) mass is 406 g/mol. The maximum absolute atomic E-state index is 13.6. The summed E-state index contributed by atoms with van der Waals surface area (Å²) < 4.78 is 14.4. The molecule has 0 aliphatic rings. The topological polar surface area (TPSA) is 24.1 Å². The molecule has 0 saturated heterocycles. The number of rotatable bonds is 3. The summed E-state index contributed by atoms with van der Waals surface area (Å²) in [7, 11) is 0. The van der Waals surface area contributed by atoms with Gasteiger partial charge in [-0.1, -0.05) is 29.3 Å². The zero-order valence-electron chi connectivity index (χ0n) is 10.6. The van der Waals surface area contributed by atoms with Gasteiger partial charge in [0.2, 0.25) is 0 Å². The fourth-order valence-electron chi connectivity index (χ4n) is 1.59. The van der Waals surface area contributed by atoms with E-state index in [4.69, 9.17) is 35.4 Å². The third kappa shape index (κ3) is 4.81. The molecule has 2 aromatic rings. The predicted molar refractivity (Wildman–Crippen MR) is 93.6 cm³/mol. The smallest absolute Gasteiger partial charge is 0.171 e. The Morgan fingerprint density at radius 3 is 2.62 bits per heavy atom. The van der Waals surface area contributed by atoms with Gasteiger partial charge in [0.05, 0.1) is 5.02 Å². The molecular formula is C14H10BrCl2FN2S. The SMILES string of the molecule is Fc1cc(Cl)ccc1CNC(=S)Nc1ccc(Br)c(Cl)c1.